The lowest BCUT2D eigenvalue weighted by atomic mass is 9.99. The highest BCUT2D eigenvalue weighted by Crippen LogP contribution is 2.19. The summed E-state index contributed by atoms with van der Waals surface area (Å²) in [5, 5.41) is 2.98. The Labute approximate surface area is 137 Å². The van der Waals surface area contributed by atoms with Gasteiger partial charge < -0.3 is 5.32 Å². The fourth-order valence-corrected chi connectivity index (χ4v) is 2.61. The normalized spacial score (nSPS) is 11.8. The van der Waals surface area contributed by atoms with Crippen LogP contribution in [0.15, 0.2) is 48.5 Å². The first-order chi connectivity index (χ1) is 11.0. The van der Waals surface area contributed by atoms with Gasteiger partial charge in [-0.15, -0.1) is 0 Å². The molecule has 0 aliphatic heterocycles. The van der Waals surface area contributed by atoms with Gasteiger partial charge in [-0.3, -0.25) is 9.59 Å². The molecule has 3 heteroatoms. The number of nitrogens with one attached hydrogen (secondary N) is 1. The smallest absolute Gasteiger partial charge is 0.220 e. The number of carbonyl (C=O) groups excluding carboxylic acids is 2. The Morgan fingerprint density at radius 1 is 1.00 bits per heavy atom. The van der Waals surface area contributed by atoms with Crippen molar-refractivity contribution < 1.29 is 9.59 Å². The SMILES string of the molecule is Cc1ccc(C)c(C(C)NC(=O)CCC(=O)c2ccccc2)c1. The third-order valence-electron chi connectivity index (χ3n) is 3.95. The van der Waals surface area contributed by atoms with Crippen molar-refractivity contribution in [2.75, 3.05) is 0 Å². The summed E-state index contributed by atoms with van der Waals surface area (Å²) in [5.41, 5.74) is 4.10. The first kappa shape index (κ1) is 16.9. The largest absolute Gasteiger partial charge is 0.350 e. The number of ketones is 1. The molecule has 3 nitrogen and oxygen atoms in total. The zero-order valence-corrected chi connectivity index (χ0v) is 13.9. The Balaban J connectivity index is 1.89. The fraction of sp³-hybridized carbons (Fsp3) is 0.300. The second kappa shape index (κ2) is 7.73. The average Bonchev–Trinajstić information content (AvgIpc) is 2.55. The van der Waals surface area contributed by atoms with Gasteiger partial charge in [0.25, 0.3) is 0 Å². The Morgan fingerprint density at radius 2 is 1.70 bits per heavy atom. The van der Waals surface area contributed by atoms with E-state index >= 15 is 0 Å². The van der Waals surface area contributed by atoms with Crippen molar-refractivity contribution in [1.29, 1.82) is 0 Å². The number of carbonyl (C=O) groups is 2. The van der Waals surface area contributed by atoms with E-state index < -0.39 is 0 Å². The van der Waals surface area contributed by atoms with Crippen LogP contribution < -0.4 is 5.32 Å². The second-order valence-electron chi connectivity index (χ2n) is 5.94. The number of amides is 1. The lowest BCUT2D eigenvalue weighted by molar-refractivity contribution is -0.121. The number of Topliss-reactive ketones (excluding diaryl/α,β-unsaturated/α-hetero) is 1. The van der Waals surface area contributed by atoms with Gasteiger partial charge >= 0.3 is 0 Å². The van der Waals surface area contributed by atoms with Gasteiger partial charge in [0.05, 0.1) is 6.04 Å². The molecule has 1 amide bonds. The third-order valence-corrected chi connectivity index (χ3v) is 3.95. The van der Waals surface area contributed by atoms with Crippen LogP contribution in [0.4, 0.5) is 0 Å². The predicted octanol–water partition coefficient (Wildman–Crippen LogP) is 4.14. The Hall–Kier alpha value is -2.42. The van der Waals surface area contributed by atoms with Gasteiger partial charge in [0, 0.05) is 18.4 Å². The molecule has 0 aliphatic rings. The summed E-state index contributed by atoms with van der Waals surface area (Å²) >= 11 is 0. The minimum absolute atomic E-state index is 0.000129. The molecule has 2 aromatic rings. The molecule has 0 bridgehead atoms. The summed E-state index contributed by atoms with van der Waals surface area (Å²) in [5.74, 6) is -0.0946. The van der Waals surface area contributed by atoms with E-state index in [0.717, 1.165) is 11.1 Å². The molecule has 0 spiro atoms. The van der Waals surface area contributed by atoms with Crippen LogP contribution in [-0.4, -0.2) is 11.7 Å². The molecule has 0 saturated heterocycles. The van der Waals surface area contributed by atoms with Gasteiger partial charge in [0.15, 0.2) is 5.78 Å². The van der Waals surface area contributed by atoms with Crippen molar-refractivity contribution in [2.45, 2.75) is 39.7 Å². The van der Waals surface area contributed by atoms with Crippen molar-refractivity contribution in [3.63, 3.8) is 0 Å². The first-order valence-electron chi connectivity index (χ1n) is 7.92. The number of rotatable bonds is 6. The van der Waals surface area contributed by atoms with Gasteiger partial charge in [-0.25, -0.2) is 0 Å². The minimum Gasteiger partial charge on any atom is -0.350 e. The molecule has 0 aromatic heterocycles. The molecule has 1 atom stereocenters. The highest BCUT2D eigenvalue weighted by molar-refractivity contribution is 5.97. The average molecular weight is 309 g/mol. The zero-order chi connectivity index (χ0) is 16.8. The van der Waals surface area contributed by atoms with Crippen LogP contribution in [0.25, 0.3) is 0 Å². The number of hydrogen-bond acceptors (Lipinski definition) is 2. The predicted molar refractivity (Wildman–Crippen MR) is 92.5 cm³/mol. The number of benzene rings is 2. The van der Waals surface area contributed by atoms with E-state index in [9.17, 15) is 9.59 Å². The summed E-state index contributed by atoms with van der Waals surface area (Å²) < 4.78 is 0. The molecule has 0 saturated carbocycles. The van der Waals surface area contributed by atoms with Crippen LogP contribution in [0.3, 0.4) is 0 Å². The Kier molecular flexibility index (Phi) is 5.69. The summed E-state index contributed by atoms with van der Waals surface area (Å²) in [4.78, 5) is 24.1. The second-order valence-corrected chi connectivity index (χ2v) is 5.94. The molecule has 2 aromatic carbocycles. The molecule has 1 unspecified atom stereocenters. The topological polar surface area (TPSA) is 46.2 Å². The first-order valence-corrected chi connectivity index (χ1v) is 7.92. The molecule has 0 aliphatic carbocycles. The van der Waals surface area contributed by atoms with Crippen molar-refractivity contribution in [1.82, 2.24) is 5.32 Å². The van der Waals surface area contributed by atoms with E-state index in [2.05, 4.69) is 23.5 Å². The Morgan fingerprint density at radius 3 is 2.39 bits per heavy atom. The van der Waals surface area contributed by atoms with E-state index in [0.29, 0.717) is 5.56 Å². The molecule has 120 valence electrons. The van der Waals surface area contributed by atoms with Gasteiger partial charge in [0.1, 0.15) is 0 Å². The van der Waals surface area contributed by atoms with E-state index in [4.69, 9.17) is 0 Å². The lowest BCUT2D eigenvalue weighted by Gasteiger charge is -2.17. The van der Waals surface area contributed by atoms with Gasteiger partial charge in [0.2, 0.25) is 5.91 Å². The third kappa shape index (κ3) is 4.78. The molecule has 2 rings (SSSR count). The molecule has 1 N–H and O–H groups in total. The maximum absolute atomic E-state index is 12.1. The van der Waals surface area contributed by atoms with Crippen LogP contribution in [-0.2, 0) is 4.79 Å². The van der Waals surface area contributed by atoms with Crippen LogP contribution in [0.5, 0.6) is 0 Å². The van der Waals surface area contributed by atoms with Crippen LogP contribution in [0, 0.1) is 13.8 Å². The highest BCUT2D eigenvalue weighted by atomic mass is 16.2. The highest BCUT2D eigenvalue weighted by Gasteiger charge is 2.13. The van der Waals surface area contributed by atoms with Crippen molar-refractivity contribution in [3.8, 4) is 0 Å². The number of hydrogen-bond donors (Lipinski definition) is 1. The van der Waals surface area contributed by atoms with Gasteiger partial charge in [-0.1, -0.05) is 54.1 Å². The number of aryl methyl sites for hydroxylation is 2. The van der Waals surface area contributed by atoms with Crippen molar-refractivity contribution >= 4 is 11.7 Å². The van der Waals surface area contributed by atoms with Crippen molar-refractivity contribution in [2.24, 2.45) is 0 Å². The van der Waals surface area contributed by atoms with E-state index in [-0.39, 0.29) is 30.6 Å². The monoisotopic (exact) mass is 309 g/mol. The van der Waals surface area contributed by atoms with E-state index in [1.807, 2.05) is 39.0 Å². The molecular formula is C20H23NO2. The lowest BCUT2D eigenvalue weighted by Crippen LogP contribution is -2.27. The summed E-state index contributed by atoms with van der Waals surface area (Å²) in [6, 6.07) is 15.2. The molecule has 0 radical (unpaired) electrons. The fourth-order valence-electron chi connectivity index (χ4n) is 2.61. The van der Waals surface area contributed by atoms with Gasteiger partial charge in [-0.05, 0) is 31.9 Å². The maximum atomic E-state index is 12.1. The van der Waals surface area contributed by atoms with Crippen LogP contribution in [0.2, 0.25) is 0 Å². The molecule has 23 heavy (non-hydrogen) atoms. The summed E-state index contributed by atoms with van der Waals surface area (Å²) in [6.07, 6.45) is 0.443. The molecular weight excluding hydrogens is 286 g/mol. The minimum atomic E-state index is -0.0947. The quantitative estimate of drug-likeness (QED) is 0.815. The van der Waals surface area contributed by atoms with Crippen LogP contribution >= 0.6 is 0 Å². The molecule has 0 fully saturated rings. The summed E-state index contributed by atoms with van der Waals surface area (Å²) in [7, 11) is 0. The van der Waals surface area contributed by atoms with Gasteiger partial charge in [-0.2, -0.15) is 0 Å². The van der Waals surface area contributed by atoms with Crippen LogP contribution in [0.1, 0.15) is 52.9 Å². The molecule has 0 heterocycles. The maximum Gasteiger partial charge on any atom is 0.220 e. The van der Waals surface area contributed by atoms with E-state index in [1.165, 1.54) is 5.56 Å². The Bertz CT molecular complexity index is 692. The van der Waals surface area contributed by atoms with E-state index in [1.54, 1.807) is 12.1 Å². The standard InChI is InChI=1S/C20H23NO2/c1-14-9-10-15(2)18(13-14)16(3)21-20(23)12-11-19(22)17-7-5-4-6-8-17/h4-10,13,16H,11-12H2,1-3H3,(H,21,23). The zero-order valence-electron chi connectivity index (χ0n) is 13.9. The summed E-state index contributed by atoms with van der Waals surface area (Å²) in [6.45, 7) is 6.05. The van der Waals surface area contributed by atoms with Crippen molar-refractivity contribution in [3.05, 3.63) is 70.8 Å².